The van der Waals surface area contributed by atoms with Gasteiger partial charge in [-0.05, 0) is 62.3 Å². The summed E-state index contributed by atoms with van der Waals surface area (Å²) in [6.45, 7) is 5.93. The van der Waals surface area contributed by atoms with Crippen LogP contribution in [-0.2, 0) is 34.1 Å². The van der Waals surface area contributed by atoms with Gasteiger partial charge in [0.05, 0.1) is 12.4 Å². The van der Waals surface area contributed by atoms with E-state index in [4.69, 9.17) is 9.26 Å². The number of hydrogen-bond donors (Lipinski definition) is 0. The Hall–Kier alpha value is -2.46. The summed E-state index contributed by atoms with van der Waals surface area (Å²) in [5.74, 6) is 1.55. The van der Waals surface area contributed by atoms with E-state index in [1.807, 2.05) is 32.0 Å². The molecule has 4 rings (SSSR count). The van der Waals surface area contributed by atoms with E-state index in [0.717, 1.165) is 29.5 Å². The quantitative estimate of drug-likeness (QED) is 0.673. The summed E-state index contributed by atoms with van der Waals surface area (Å²) in [5, 5.41) is 4.16. The van der Waals surface area contributed by atoms with Crippen molar-refractivity contribution in [2.24, 2.45) is 5.92 Å². The second-order valence-corrected chi connectivity index (χ2v) is 10.9. The monoisotopic (exact) mass is 462 g/mol. The Morgan fingerprint density at radius 3 is 2.66 bits per heavy atom. The second kappa shape index (κ2) is 9.19. The Balaban J connectivity index is 1.35. The largest absolute Gasteiger partial charge is 0.447 e. The molecule has 0 unspecified atom stereocenters. The highest BCUT2D eigenvalue weighted by atomic mass is 32.2. The van der Waals surface area contributed by atoms with E-state index in [0.29, 0.717) is 56.7 Å². The van der Waals surface area contributed by atoms with Crippen LogP contribution in [-0.4, -0.2) is 65.9 Å². The van der Waals surface area contributed by atoms with Gasteiger partial charge in [-0.2, -0.15) is 9.29 Å². The minimum atomic E-state index is -3.19. The van der Waals surface area contributed by atoms with Crippen molar-refractivity contribution in [2.75, 3.05) is 25.9 Å². The van der Waals surface area contributed by atoms with E-state index in [9.17, 15) is 13.2 Å². The van der Waals surface area contributed by atoms with Crippen molar-refractivity contribution in [1.82, 2.24) is 19.3 Å². The second-order valence-electron chi connectivity index (χ2n) is 8.91. The molecule has 10 heteroatoms. The summed E-state index contributed by atoms with van der Waals surface area (Å²) in [6.07, 6.45) is 4.03. The molecule has 2 aromatic rings. The molecule has 1 aromatic carbocycles. The molecule has 174 valence electrons. The van der Waals surface area contributed by atoms with E-state index < -0.39 is 10.0 Å². The summed E-state index contributed by atoms with van der Waals surface area (Å²) in [5.41, 5.74) is 2.97. The van der Waals surface area contributed by atoms with Crippen LogP contribution in [0.2, 0.25) is 0 Å². The molecule has 0 bridgehead atoms. The van der Waals surface area contributed by atoms with Crippen molar-refractivity contribution in [1.29, 1.82) is 0 Å². The number of ether oxygens (including phenoxy) is 1. The van der Waals surface area contributed by atoms with Gasteiger partial charge in [-0.3, -0.25) is 0 Å². The third kappa shape index (κ3) is 5.29. The summed E-state index contributed by atoms with van der Waals surface area (Å²) < 4.78 is 35.9. The van der Waals surface area contributed by atoms with Gasteiger partial charge < -0.3 is 14.2 Å². The van der Waals surface area contributed by atoms with Gasteiger partial charge in [-0.1, -0.05) is 11.2 Å². The van der Waals surface area contributed by atoms with Gasteiger partial charge in [-0.15, -0.1) is 0 Å². The number of carbonyl (C=O) groups excluding carboxylic acids is 1. The van der Waals surface area contributed by atoms with Crippen LogP contribution in [0.15, 0.2) is 22.7 Å². The Morgan fingerprint density at radius 2 is 1.97 bits per heavy atom. The van der Waals surface area contributed by atoms with Crippen molar-refractivity contribution in [3.8, 4) is 11.5 Å². The SMILES string of the molecule is CC(C)OC(=O)N1CCC(Cc2noc(-c3ccc4c(c3)CCN(S(C)(=O)=O)C4)n2)CC1. The third-order valence-corrected chi connectivity index (χ3v) is 7.30. The molecule has 0 radical (unpaired) electrons. The van der Waals surface area contributed by atoms with Crippen molar-refractivity contribution >= 4 is 16.1 Å². The summed E-state index contributed by atoms with van der Waals surface area (Å²) >= 11 is 0. The van der Waals surface area contributed by atoms with Crippen LogP contribution in [0.4, 0.5) is 4.79 Å². The molecule has 32 heavy (non-hydrogen) atoms. The van der Waals surface area contributed by atoms with Gasteiger partial charge in [0.15, 0.2) is 5.82 Å². The molecule has 9 nitrogen and oxygen atoms in total. The number of fused-ring (bicyclic) bond motifs is 1. The lowest BCUT2D eigenvalue weighted by Gasteiger charge is -2.31. The summed E-state index contributed by atoms with van der Waals surface area (Å²) in [4.78, 5) is 18.4. The molecule has 0 N–H and O–H groups in total. The minimum absolute atomic E-state index is 0.111. The number of hydrogen-bond acceptors (Lipinski definition) is 7. The first-order valence-electron chi connectivity index (χ1n) is 11.0. The molecular weight excluding hydrogens is 432 g/mol. The Kier molecular flexibility index (Phi) is 6.52. The molecule has 1 fully saturated rings. The summed E-state index contributed by atoms with van der Waals surface area (Å²) in [6, 6.07) is 5.86. The van der Waals surface area contributed by atoms with Gasteiger partial charge in [0.25, 0.3) is 5.89 Å². The normalized spacial score (nSPS) is 18.1. The van der Waals surface area contributed by atoms with Crippen LogP contribution in [0.5, 0.6) is 0 Å². The van der Waals surface area contributed by atoms with Crippen LogP contribution < -0.4 is 0 Å². The van der Waals surface area contributed by atoms with Gasteiger partial charge in [0, 0.05) is 38.2 Å². The third-order valence-electron chi connectivity index (χ3n) is 6.05. The first kappa shape index (κ1) is 22.7. The first-order chi connectivity index (χ1) is 15.2. The zero-order valence-corrected chi connectivity index (χ0v) is 19.6. The number of aromatic nitrogens is 2. The Morgan fingerprint density at radius 1 is 1.22 bits per heavy atom. The van der Waals surface area contributed by atoms with Crippen molar-refractivity contribution < 1.29 is 22.5 Å². The van der Waals surface area contributed by atoms with E-state index in [-0.39, 0.29) is 12.2 Å². The van der Waals surface area contributed by atoms with Gasteiger partial charge in [-0.25, -0.2) is 13.2 Å². The smallest absolute Gasteiger partial charge is 0.410 e. The lowest BCUT2D eigenvalue weighted by Crippen LogP contribution is -2.40. The van der Waals surface area contributed by atoms with Crippen LogP contribution in [0.3, 0.4) is 0 Å². The standard InChI is InChI=1S/C22H30N4O5S/c1-15(2)30-22(27)25-9-6-16(7-10-25)12-20-23-21(31-24-20)18-4-5-19-14-26(32(3,28)29)11-8-17(19)13-18/h4-5,13,15-16H,6-12,14H2,1-3H3. The lowest BCUT2D eigenvalue weighted by atomic mass is 9.93. The van der Waals surface area contributed by atoms with Crippen LogP contribution in [0.1, 0.15) is 43.6 Å². The molecule has 0 atom stereocenters. The number of likely N-dealkylation sites (tertiary alicyclic amines) is 1. The maximum Gasteiger partial charge on any atom is 0.410 e. The van der Waals surface area contributed by atoms with Crippen LogP contribution >= 0.6 is 0 Å². The minimum Gasteiger partial charge on any atom is -0.447 e. The fourth-order valence-electron chi connectivity index (χ4n) is 4.25. The van der Waals surface area contributed by atoms with Crippen LogP contribution in [0, 0.1) is 5.92 Å². The average Bonchev–Trinajstić information content (AvgIpc) is 3.21. The van der Waals surface area contributed by atoms with Crippen molar-refractivity contribution in [3.63, 3.8) is 0 Å². The predicted octanol–water partition coefficient (Wildman–Crippen LogP) is 2.85. The number of benzene rings is 1. The maximum absolute atomic E-state index is 12.0. The highest BCUT2D eigenvalue weighted by Crippen LogP contribution is 2.27. The number of carbonyl (C=O) groups is 1. The molecule has 0 spiro atoms. The van der Waals surface area contributed by atoms with E-state index in [2.05, 4.69) is 10.1 Å². The first-order valence-corrected chi connectivity index (χ1v) is 12.9. The molecule has 1 amide bonds. The average molecular weight is 463 g/mol. The van der Waals surface area contributed by atoms with E-state index in [1.165, 1.54) is 10.6 Å². The zero-order valence-electron chi connectivity index (χ0n) is 18.8. The number of piperidine rings is 1. The highest BCUT2D eigenvalue weighted by molar-refractivity contribution is 7.88. The molecule has 1 saturated heterocycles. The molecule has 1 aromatic heterocycles. The molecule has 2 aliphatic heterocycles. The fraction of sp³-hybridized carbons (Fsp3) is 0.591. The topological polar surface area (TPSA) is 106 Å². The lowest BCUT2D eigenvalue weighted by molar-refractivity contribution is 0.0652. The predicted molar refractivity (Wildman–Crippen MR) is 118 cm³/mol. The molecule has 3 heterocycles. The van der Waals surface area contributed by atoms with Gasteiger partial charge >= 0.3 is 6.09 Å². The number of nitrogens with zero attached hydrogens (tertiary/aromatic N) is 4. The van der Waals surface area contributed by atoms with E-state index >= 15 is 0 Å². The van der Waals surface area contributed by atoms with Gasteiger partial charge in [0.2, 0.25) is 10.0 Å². The maximum atomic E-state index is 12.0. The van der Waals surface area contributed by atoms with Crippen LogP contribution in [0.25, 0.3) is 11.5 Å². The fourth-order valence-corrected chi connectivity index (χ4v) is 5.05. The Labute approximate surface area is 188 Å². The van der Waals surface area contributed by atoms with Gasteiger partial charge in [0.1, 0.15) is 0 Å². The number of rotatable bonds is 5. The zero-order chi connectivity index (χ0) is 22.9. The van der Waals surface area contributed by atoms with E-state index in [1.54, 1.807) is 4.90 Å². The molecular formula is C22H30N4O5S. The molecule has 0 aliphatic carbocycles. The number of sulfonamides is 1. The molecule has 2 aliphatic rings. The molecule has 0 saturated carbocycles. The summed E-state index contributed by atoms with van der Waals surface area (Å²) in [7, 11) is -3.19. The van der Waals surface area contributed by atoms with Crippen molar-refractivity contribution in [2.45, 2.75) is 52.2 Å². The Bertz CT molecular complexity index is 1070. The number of amides is 1. The van der Waals surface area contributed by atoms with Crippen molar-refractivity contribution in [3.05, 3.63) is 35.2 Å². The highest BCUT2D eigenvalue weighted by Gasteiger charge is 2.26.